The average Bonchev–Trinajstić information content (AvgIpc) is 2.33. The first-order valence-electron chi connectivity index (χ1n) is 5.45. The summed E-state index contributed by atoms with van der Waals surface area (Å²) in [5.74, 6) is -1.28. The molecule has 0 aromatic carbocycles. The quantitative estimate of drug-likeness (QED) is 0.691. The topological polar surface area (TPSA) is 78.1 Å². The van der Waals surface area contributed by atoms with E-state index in [4.69, 9.17) is 5.26 Å². The molecule has 0 aliphatic heterocycles. The fourth-order valence-electron chi connectivity index (χ4n) is 1.36. The number of hydrogen-bond acceptors (Lipinski definition) is 4. The highest BCUT2D eigenvalue weighted by Crippen LogP contribution is 2.17. The minimum atomic E-state index is -1.13. The number of nitriles is 1. The van der Waals surface area contributed by atoms with Crippen LogP contribution in [0.5, 0.6) is 0 Å². The summed E-state index contributed by atoms with van der Waals surface area (Å²) < 4.78 is 0. The van der Waals surface area contributed by atoms with Gasteiger partial charge in [-0.1, -0.05) is 13.3 Å². The minimum absolute atomic E-state index is 0.150. The number of rotatable bonds is 6. The molecule has 4 nitrogen and oxygen atoms in total. The van der Waals surface area contributed by atoms with E-state index in [0.717, 1.165) is 36.7 Å². The van der Waals surface area contributed by atoms with Gasteiger partial charge in [-0.3, -0.25) is 0 Å². The highest BCUT2D eigenvalue weighted by atomic mass is 32.2. The van der Waals surface area contributed by atoms with Gasteiger partial charge >= 0.3 is 0 Å². The monoisotopic (exact) mass is 250 g/mol. The number of aromatic nitrogens is 1. The summed E-state index contributed by atoms with van der Waals surface area (Å²) in [7, 11) is 0. The summed E-state index contributed by atoms with van der Waals surface area (Å²) in [6, 6.07) is 5.63. The largest absolute Gasteiger partial charge is 0.549 e. The number of carbonyl (C=O) groups excluding carboxylic acids is 1. The number of nitrogens with one attached hydrogen (secondary N) is 1. The molecule has 0 spiro atoms. The minimum Gasteiger partial charge on any atom is -0.549 e. The number of pyridine rings is 1. The van der Waals surface area contributed by atoms with Crippen LogP contribution in [0.15, 0.2) is 17.2 Å². The number of carboxylic acid groups (broad SMARTS) is 1. The maximum atomic E-state index is 10.4. The normalized spacial score (nSPS) is 9.88. The van der Waals surface area contributed by atoms with Crippen molar-refractivity contribution in [1.29, 1.82) is 5.26 Å². The SMILES string of the molecule is CCCCc1ccc(C#N)c(SCC(=O)[O-])[nH+]1. The number of thioether (sulfide) groups is 1. The van der Waals surface area contributed by atoms with Gasteiger partial charge in [0.05, 0.1) is 5.97 Å². The molecule has 0 bridgehead atoms. The summed E-state index contributed by atoms with van der Waals surface area (Å²) in [4.78, 5) is 13.5. The van der Waals surface area contributed by atoms with Crippen molar-refractivity contribution >= 4 is 17.7 Å². The fraction of sp³-hybridized carbons (Fsp3) is 0.417. The fourth-order valence-corrected chi connectivity index (χ4v) is 2.10. The van der Waals surface area contributed by atoms with E-state index in [1.165, 1.54) is 0 Å². The van der Waals surface area contributed by atoms with Crippen molar-refractivity contribution in [2.75, 3.05) is 5.75 Å². The third-order valence-electron chi connectivity index (χ3n) is 2.22. The van der Waals surface area contributed by atoms with Crippen molar-refractivity contribution in [3.63, 3.8) is 0 Å². The van der Waals surface area contributed by atoms with Crippen molar-refractivity contribution in [3.8, 4) is 6.07 Å². The van der Waals surface area contributed by atoms with Crippen LogP contribution in [0, 0.1) is 11.3 Å². The van der Waals surface area contributed by atoms with Gasteiger partial charge in [0.2, 0.25) is 0 Å². The highest BCUT2D eigenvalue weighted by Gasteiger charge is 2.13. The molecule has 0 fully saturated rings. The van der Waals surface area contributed by atoms with E-state index in [0.29, 0.717) is 10.6 Å². The smallest absolute Gasteiger partial charge is 0.256 e. The number of hydrogen-bond donors (Lipinski definition) is 0. The molecule has 0 unspecified atom stereocenters. The maximum Gasteiger partial charge on any atom is 0.256 e. The molecule has 17 heavy (non-hydrogen) atoms. The molecule has 1 aromatic heterocycles. The Morgan fingerprint density at radius 1 is 1.59 bits per heavy atom. The Balaban J connectivity index is 2.83. The Morgan fingerprint density at radius 2 is 2.35 bits per heavy atom. The van der Waals surface area contributed by atoms with E-state index in [1.807, 2.05) is 12.1 Å². The van der Waals surface area contributed by atoms with Crippen LogP contribution < -0.4 is 10.1 Å². The van der Waals surface area contributed by atoms with E-state index in [2.05, 4.69) is 11.9 Å². The molecule has 0 amide bonds. The molecule has 0 saturated carbocycles. The van der Waals surface area contributed by atoms with Crippen LogP contribution in [0.4, 0.5) is 0 Å². The van der Waals surface area contributed by atoms with Crippen LogP contribution in [-0.4, -0.2) is 11.7 Å². The highest BCUT2D eigenvalue weighted by molar-refractivity contribution is 7.99. The second-order valence-corrected chi connectivity index (χ2v) is 4.59. The van der Waals surface area contributed by atoms with E-state index >= 15 is 0 Å². The summed E-state index contributed by atoms with van der Waals surface area (Å²) in [5, 5.41) is 19.9. The summed E-state index contributed by atoms with van der Waals surface area (Å²) in [6.45, 7) is 2.11. The summed E-state index contributed by atoms with van der Waals surface area (Å²) >= 11 is 1.09. The Hall–Kier alpha value is -1.54. The van der Waals surface area contributed by atoms with E-state index in [9.17, 15) is 9.90 Å². The molecular weight excluding hydrogens is 236 g/mol. The van der Waals surface area contributed by atoms with Gasteiger partial charge < -0.3 is 9.90 Å². The maximum absolute atomic E-state index is 10.4. The second kappa shape index (κ2) is 6.92. The predicted molar refractivity (Wildman–Crippen MR) is 62.1 cm³/mol. The Labute approximate surface area is 105 Å². The van der Waals surface area contributed by atoms with Crippen molar-refractivity contribution in [3.05, 3.63) is 23.4 Å². The molecular formula is C12H14N2O2S. The van der Waals surface area contributed by atoms with E-state index in [-0.39, 0.29) is 5.75 Å². The lowest BCUT2D eigenvalue weighted by atomic mass is 10.2. The number of aryl methyl sites for hydroxylation is 1. The molecule has 0 aliphatic rings. The molecule has 1 aromatic rings. The number of unbranched alkanes of at least 4 members (excludes halogenated alkanes) is 1. The molecule has 0 aliphatic carbocycles. The van der Waals surface area contributed by atoms with Gasteiger partial charge in [0.1, 0.15) is 11.6 Å². The Kier molecular flexibility index (Phi) is 5.50. The predicted octanol–water partition coefficient (Wildman–Crippen LogP) is 0.557. The first-order chi connectivity index (χ1) is 8.17. The number of carboxylic acids is 1. The lowest BCUT2D eigenvalue weighted by Gasteiger charge is -2.01. The van der Waals surface area contributed by atoms with Gasteiger partial charge in [-0.25, -0.2) is 4.98 Å². The molecule has 1 heterocycles. The zero-order valence-corrected chi connectivity index (χ0v) is 10.5. The van der Waals surface area contributed by atoms with Crippen LogP contribution in [0.3, 0.4) is 0 Å². The molecule has 5 heteroatoms. The average molecular weight is 250 g/mol. The third kappa shape index (κ3) is 4.45. The van der Waals surface area contributed by atoms with Crippen molar-refractivity contribution in [1.82, 2.24) is 0 Å². The van der Waals surface area contributed by atoms with Crippen molar-refractivity contribution in [2.45, 2.75) is 31.2 Å². The Morgan fingerprint density at radius 3 is 2.94 bits per heavy atom. The Bertz CT molecular complexity index is 441. The lowest BCUT2D eigenvalue weighted by molar-refractivity contribution is -0.438. The summed E-state index contributed by atoms with van der Waals surface area (Å²) in [5.41, 5.74) is 1.49. The van der Waals surface area contributed by atoms with Gasteiger partial charge in [0, 0.05) is 18.2 Å². The van der Waals surface area contributed by atoms with Crippen LogP contribution in [0.2, 0.25) is 0 Å². The molecule has 0 saturated heterocycles. The standard InChI is InChI=1S/C12H14N2O2S/c1-2-3-4-10-6-5-9(7-13)12(14-10)17-8-11(15)16/h5-6H,2-4,8H2,1H3,(H,15,16). The second-order valence-electron chi connectivity index (χ2n) is 3.60. The lowest BCUT2D eigenvalue weighted by Crippen LogP contribution is -2.25. The number of H-pyrrole nitrogens is 1. The van der Waals surface area contributed by atoms with Crippen LogP contribution >= 0.6 is 11.8 Å². The first kappa shape index (κ1) is 13.5. The van der Waals surface area contributed by atoms with Crippen molar-refractivity contribution < 1.29 is 14.9 Å². The third-order valence-corrected chi connectivity index (χ3v) is 3.22. The van der Waals surface area contributed by atoms with Gasteiger partial charge in [0.25, 0.3) is 5.03 Å². The van der Waals surface area contributed by atoms with Crippen LogP contribution in [0.1, 0.15) is 31.0 Å². The molecule has 1 rings (SSSR count). The van der Waals surface area contributed by atoms with Crippen LogP contribution in [0.25, 0.3) is 0 Å². The van der Waals surface area contributed by atoms with Gasteiger partial charge in [-0.15, -0.1) is 0 Å². The molecule has 0 radical (unpaired) electrons. The number of aromatic amines is 1. The zero-order valence-electron chi connectivity index (χ0n) is 9.66. The van der Waals surface area contributed by atoms with Gasteiger partial charge in [-0.05, 0) is 24.2 Å². The van der Waals surface area contributed by atoms with E-state index in [1.54, 1.807) is 6.07 Å². The van der Waals surface area contributed by atoms with E-state index < -0.39 is 5.97 Å². The van der Waals surface area contributed by atoms with Gasteiger partial charge in [0.15, 0.2) is 5.69 Å². The number of carbonyl (C=O) groups is 1. The van der Waals surface area contributed by atoms with Crippen LogP contribution in [-0.2, 0) is 11.2 Å². The number of nitrogens with zero attached hydrogens (tertiary/aromatic N) is 1. The number of aliphatic carboxylic acids is 1. The molecule has 90 valence electrons. The first-order valence-corrected chi connectivity index (χ1v) is 6.44. The van der Waals surface area contributed by atoms with Gasteiger partial charge in [-0.2, -0.15) is 5.26 Å². The summed E-state index contributed by atoms with van der Waals surface area (Å²) in [6.07, 6.45) is 3.06. The molecule has 1 N–H and O–H groups in total. The molecule has 0 atom stereocenters. The van der Waals surface area contributed by atoms with Crippen molar-refractivity contribution in [2.24, 2.45) is 0 Å². The zero-order chi connectivity index (χ0) is 12.7.